The first-order chi connectivity index (χ1) is 8.95. The summed E-state index contributed by atoms with van der Waals surface area (Å²) in [5.74, 6) is 0.642. The minimum absolute atomic E-state index is 0.642. The third-order valence-electron chi connectivity index (χ3n) is 3.43. The molecule has 2 rings (SSSR count). The van der Waals surface area contributed by atoms with Crippen molar-refractivity contribution in [2.24, 2.45) is 0 Å². The molecule has 1 aromatic heterocycles. The Bertz CT molecular complexity index is 591. The van der Waals surface area contributed by atoms with E-state index in [1.54, 1.807) is 26.4 Å². The lowest BCUT2D eigenvalue weighted by Crippen LogP contribution is -2.24. The van der Waals surface area contributed by atoms with Crippen LogP contribution in [0.2, 0.25) is 0 Å². The zero-order valence-electron chi connectivity index (χ0n) is 11.8. The molecule has 0 saturated heterocycles. The first-order valence-corrected chi connectivity index (χ1v) is 6.25. The summed E-state index contributed by atoms with van der Waals surface area (Å²) in [6.45, 7) is 5.80. The molecule has 1 aromatic carbocycles. The SMILES string of the molecule is COc1cncc(C(C)(O)c2cc(C)ccc2C)c1. The van der Waals surface area contributed by atoms with Gasteiger partial charge >= 0.3 is 0 Å². The van der Waals surface area contributed by atoms with Gasteiger partial charge in [-0.15, -0.1) is 0 Å². The number of hydrogen-bond donors (Lipinski definition) is 1. The number of aliphatic hydroxyl groups is 1. The minimum Gasteiger partial charge on any atom is -0.495 e. The molecule has 1 atom stereocenters. The molecule has 1 heterocycles. The second-order valence-electron chi connectivity index (χ2n) is 5.00. The maximum Gasteiger partial charge on any atom is 0.137 e. The van der Waals surface area contributed by atoms with Crippen molar-refractivity contribution in [1.29, 1.82) is 0 Å². The van der Waals surface area contributed by atoms with Crippen molar-refractivity contribution in [3.05, 3.63) is 58.9 Å². The van der Waals surface area contributed by atoms with Gasteiger partial charge < -0.3 is 9.84 Å². The second kappa shape index (κ2) is 5.02. The Balaban J connectivity index is 2.54. The number of pyridine rings is 1. The molecule has 0 aliphatic rings. The predicted molar refractivity (Wildman–Crippen MR) is 75.4 cm³/mol. The van der Waals surface area contributed by atoms with Gasteiger partial charge in [0.25, 0.3) is 0 Å². The molecule has 0 saturated carbocycles. The van der Waals surface area contributed by atoms with Crippen LogP contribution in [0.15, 0.2) is 36.7 Å². The highest BCUT2D eigenvalue weighted by Crippen LogP contribution is 2.32. The van der Waals surface area contributed by atoms with Crippen LogP contribution < -0.4 is 4.74 Å². The highest BCUT2D eigenvalue weighted by molar-refractivity contribution is 5.42. The monoisotopic (exact) mass is 257 g/mol. The van der Waals surface area contributed by atoms with Crippen molar-refractivity contribution >= 4 is 0 Å². The summed E-state index contributed by atoms with van der Waals surface area (Å²) < 4.78 is 5.17. The summed E-state index contributed by atoms with van der Waals surface area (Å²) in [6, 6.07) is 7.88. The van der Waals surface area contributed by atoms with Gasteiger partial charge in [0, 0.05) is 11.8 Å². The normalized spacial score (nSPS) is 13.9. The van der Waals surface area contributed by atoms with E-state index >= 15 is 0 Å². The number of aryl methyl sites for hydroxylation is 2. The van der Waals surface area contributed by atoms with E-state index < -0.39 is 5.60 Å². The van der Waals surface area contributed by atoms with Gasteiger partial charge in [0.15, 0.2) is 0 Å². The highest BCUT2D eigenvalue weighted by atomic mass is 16.5. The van der Waals surface area contributed by atoms with Crippen LogP contribution in [0.5, 0.6) is 5.75 Å². The molecule has 3 heteroatoms. The molecular weight excluding hydrogens is 238 g/mol. The van der Waals surface area contributed by atoms with E-state index in [1.807, 2.05) is 38.1 Å². The number of methoxy groups -OCH3 is 1. The third-order valence-corrected chi connectivity index (χ3v) is 3.43. The number of ether oxygens (including phenoxy) is 1. The zero-order chi connectivity index (χ0) is 14.0. The van der Waals surface area contributed by atoms with Crippen LogP contribution in [-0.4, -0.2) is 17.2 Å². The molecule has 0 aliphatic carbocycles. The van der Waals surface area contributed by atoms with Gasteiger partial charge in [0.2, 0.25) is 0 Å². The van der Waals surface area contributed by atoms with Crippen molar-refractivity contribution in [2.75, 3.05) is 7.11 Å². The number of hydrogen-bond acceptors (Lipinski definition) is 3. The molecule has 2 aromatic rings. The molecule has 0 amide bonds. The molecule has 3 nitrogen and oxygen atoms in total. The molecule has 0 spiro atoms. The van der Waals surface area contributed by atoms with Gasteiger partial charge in [-0.3, -0.25) is 4.98 Å². The van der Waals surface area contributed by atoms with E-state index in [4.69, 9.17) is 4.74 Å². The Labute approximate surface area is 113 Å². The molecule has 0 bridgehead atoms. The van der Waals surface area contributed by atoms with Crippen LogP contribution >= 0.6 is 0 Å². The standard InChI is InChI=1S/C16H19NO2/c1-11-5-6-12(2)15(7-11)16(3,18)13-8-14(19-4)10-17-9-13/h5-10,18H,1-4H3. The van der Waals surface area contributed by atoms with E-state index in [0.717, 1.165) is 22.3 Å². The molecule has 0 fully saturated rings. The Kier molecular flexibility index (Phi) is 3.58. The summed E-state index contributed by atoms with van der Waals surface area (Å²) in [4.78, 5) is 4.11. The average molecular weight is 257 g/mol. The molecule has 1 unspecified atom stereocenters. The quantitative estimate of drug-likeness (QED) is 0.919. The smallest absolute Gasteiger partial charge is 0.137 e. The van der Waals surface area contributed by atoms with E-state index in [0.29, 0.717) is 5.75 Å². The van der Waals surface area contributed by atoms with Crippen molar-refractivity contribution < 1.29 is 9.84 Å². The van der Waals surface area contributed by atoms with Crippen molar-refractivity contribution in [2.45, 2.75) is 26.4 Å². The zero-order valence-corrected chi connectivity index (χ0v) is 11.8. The third kappa shape index (κ3) is 2.61. The van der Waals surface area contributed by atoms with Gasteiger partial charge in [-0.05, 0) is 38.0 Å². The average Bonchev–Trinajstić information content (AvgIpc) is 2.41. The largest absolute Gasteiger partial charge is 0.495 e. The Hall–Kier alpha value is -1.87. The van der Waals surface area contributed by atoms with Gasteiger partial charge in [-0.1, -0.05) is 23.8 Å². The van der Waals surface area contributed by atoms with Gasteiger partial charge in [-0.25, -0.2) is 0 Å². The molecular formula is C16H19NO2. The maximum absolute atomic E-state index is 10.9. The first kappa shape index (κ1) is 13.6. The van der Waals surface area contributed by atoms with Gasteiger partial charge in [0.05, 0.1) is 13.3 Å². The minimum atomic E-state index is -1.09. The second-order valence-corrected chi connectivity index (χ2v) is 5.00. The topological polar surface area (TPSA) is 42.4 Å². The van der Waals surface area contributed by atoms with Crippen LogP contribution in [0.4, 0.5) is 0 Å². The van der Waals surface area contributed by atoms with Gasteiger partial charge in [-0.2, -0.15) is 0 Å². The summed E-state index contributed by atoms with van der Waals surface area (Å²) in [5, 5.41) is 10.9. The molecule has 0 radical (unpaired) electrons. The predicted octanol–water partition coefficient (Wildman–Crippen LogP) is 2.96. The Morgan fingerprint density at radius 3 is 2.58 bits per heavy atom. The van der Waals surface area contributed by atoms with E-state index in [1.165, 1.54) is 0 Å². The number of benzene rings is 1. The summed E-state index contributed by atoms with van der Waals surface area (Å²) >= 11 is 0. The maximum atomic E-state index is 10.9. The number of nitrogens with zero attached hydrogens (tertiary/aromatic N) is 1. The lowest BCUT2D eigenvalue weighted by Gasteiger charge is -2.26. The van der Waals surface area contributed by atoms with Crippen LogP contribution in [0.1, 0.15) is 29.2 Å². The Morgan fingerprint density at radius 2 is 1.89 bits per heavy atom. The molecule has 0 aliphatic heterocycles. The van der Waals surface area contributed by atoms with Crippen molar-refractivity contribution in [3.8, 4) is 5.75 Å². The summed E-state index contributed by atoms with van der Waals surface area (Å²) in [7, 11) is 1.59. The Morgan fingerprint density at radius 1 is 1.16 bits per heavy atom. The highest BCUT2D eigenvalue weighted by Gasteiger charge is 2.28. The van der Waals surface area contributed by atoms with E-state index in [-0.39, 0.29) is 0 Å². The fraction of sp³-hybridized carbons (Fsp3) is 0.312. The fourth-order valence-corrected chi connectivity index (χ4v) is 2.21. The molecule has 100 valence electrons. The van der Waals surface area contributed by atoms with Crippen LogP contribution in [-0.2, 0) is 5.60 Å². The lowest BCUT2D eigenvalue weighted by atomic mass is 9.85. The number of aromatic nitrogens is 1. The van der Waals surface area contributed by atoms with E-state index in [2.05, 4.69) is 4.98 Å². The van der Waals surface area contributed by atoms with Gasteiger partial charge in [0.1, 0.15) is 11.4 Å². The van der Waals surface area contributed by atoms with Crippen LogP contribution in [0.3, 0.4) is 0 Å². The van der Waals surface area contributed by atoms with Crippen molar-refractivity contribution in [3.63, 3.8) is 0 Å². The van der Waals surface area contributed by atoms with Crippen molar-refractivity contribution in [1.82, 2.24) is 4.98 Å². The fourth-order valence-electron chi connectivity index (χ4n) is 2.21. The van der Waals surface area contributed by atoms with Crippen LogP contribution in [0, 0.1) is 13.8 Å². The molecule has 1 N–H and O–H groups in total. The molecule has 19 heavy (non-hydrogen) atoms. The summed E-state index contributed by atoms with van der Waals surface area (Å²) in [5.41, 5.74) is 2.70. The lowest BCUT2D eigenvalue weighted by molar-refractivity contribution is 0.101. The summed E-state index contributed by atoms with van der Waals surface area (Å²) in [6.07, 6.45) is 3.30. The van der Waals surface area contributed by atoms with Crippen LogP contribution in [0.25, 0.3) is 0 Å². The van der Waals surface area contributed by atoms with E-state index in [9.17, 15) is 5.11 Å². The number of rotatable bonds is 3. The first-order valence-electron chi connectivity index (χ1n) is 6.25.